The molecule has 2 aromatic rings. The Kier molecular flexibility index (Phi) is 4.21. The molecule has 3 heterocycles. The Hall–Kier alpha value is -2.15. The molecule has 0 aromatic carbocycles. The average molecular weight is 318 g/mol. The van der Waals surface area contributed by atoms with Crippen molar-refractivity contribution < 1.29 is 13.6 Å². The summed E-state index contributed by atoms with van der Waals surface area (Å²) in [5, 5.41) is 8.06. The van der Waals surface area contributed by atoms with E-state index in [1.165, 1.54) is 0 Å². The first-order chi connectivity index (χ1) is 10.9. The maximum absolute atomic E-state index is 12.3. The lowest BCUT2D eigenvalue weighted by Crippen LogP contribution is -2.51. The summed E-state index contributed by atoms with van der Waals surface area (Å²) in [6.45, 7) is 9.53. The second-order valence-corrected chi connectivity index (χ2v) is 6.80. The Morgan fingerprint density at radius 2 is 1.96 bits per heavy atom. The average Bonchev–Trinajstić information content (AvgIpc) is 3.17. The second-order valence-electron chi connectivity index (χ2n) is 6.80. The molecule has 0 N–H and O–H groups in total. The number of piperazine rings is 1. The summed E-state index contributed by atoms with van der Waals surface area (Å²) < 4.78 is 10.9. The van der Waals surface area contributed by atoms with E-state index in [4.69, 9.17) is 8.83 Å². The van der Waals surface area contributed by atoms with Crippen LogP contribution in [0, 0.1) is 5.41 Å². The third kappa shape index (κ3) is 3.61. The van der Waals surface area contributed by atoms with Gasteiger partial charge in [0.1, 0.15) is 0 Å². The number of nitrogens with zero attached hydrogens (tertiary/aromatic N) is 4. The molecule has 0 bridgehead atoms. The first kappa shape index (κ1) is 15.7. The van der Waals surface area contributed by atoms with Gasteiger partial charge in [-0.05, 0) is 12.1 Å². The van der Waals surface area contributed by atoms with Crippen LogP contribution in [0.25, 0.3) is 11.7 Å². The first-order valence-corrected chi connectivity index (χ1v) is 7.81. The van der Waals surface area contributed by atoms with Gasteiger partial charge in [0, 0.05) is 31.6 Å². The zero-order valence-electron chi connectivity index (χ0n) is 13.8. The van der Waals surface area contributed by atoms with Crippen molar-refractivity contribution in [3.8, 4) is 11.7 Å². The zero-order chi connectivity index (χ0) is 16.4. The molecule has 0 unspecified atom stereocenters. The predicted molar refractivity (Wildman–Crippen MR) is 83.3 cm³/mol. The van der Waals surface area contributed by atoms with Gasteiger partial charge in [-0.3, -0.25) is 9.69 Å². The molecule has 2 aromatic heterocycles. The molecule has 7 heteroatoms. The lowest BCUT2D eigenvalue weighted by molar-refractivity contribution is -0.141. The highest BCUT2D eigenvalue weighted by molar-refractivity contribution is 5.81. The predicted octanol–water partition coefficient (Wildman–Crippen LogP) is 2.02. The minimum absolute atomic E-state index is 0.204. The van der Waals surface area contributed by atoms with Crippen molar-refractivity contribution in [1.82, 2.24) is 20.0 Å². The molecule has 1 amide bonds. The minimum atomic E-state index is -0.327. The monoisotopic (exact) mass is 318 g/mol. The van der Waals surface area contributed by atoms with E-state index in [1.807, 2.05) is 25.7 Å². The third-order valence-corrected chi connectivity index (χ3v) is 3.86. The number of hydrogen-bond acceptors (Lipinski definition) is 6. The normalized spacial score (nSPS) is 16.7. The van der Waals surface area contributed by atoms with E-state index in [9.17, 15) is 4.79 Å². The number of furan rings is 1. The van der Waals surface area contributed by atoms with Gasteiger partial charge in [-0.15, -0.1) is 10.2 Å². The topological polar surface area (TPSA) is 75.6 Å². The van der Waals surface area contributed by atoms with Gasteiger partial charge in [-0.2, -0.15) is 0 Å². The highest BCUT2D eigenvalue weighted by Crippen LogP contribution is 2.20. The fraction of sp³-hybridized carbons (Fsp3) is 0.562. The van der Waals surface area contributed by atoms with Crippen LogP contribution in [0.4, 0.5) is 0 Å². The van der Waals surface area contributed by atoms with E-state index >= 15 is 0 Å². The van der Waals surface area contributed by atoms with Crippen molar-refractivity contribution in [1.29, 1.82) is 0 Å². The maximum Gasteiger partial charge on any atom is 0.283 e. The SMILES string of the molecule is CC(C)(C)C(=O)N1CCN(Cc2nnc(-c3ccco3)o2)CC1. The minimum Gasteiger partial charge on any atom is -0.459 e. The van der Waals surface area contributed by atoms with Crippen LogP contribution in [-0.2, 0) is 11.3 Å². The standard InChI is InChI=1S/C16H22N4O3/c1-16(2,3)15(21)20-8-6-19(7-9-20)11-13-17-18-14(23-13)12-5-4-10-22-12/h4-5,10H,6-9,11H2,1-3H3. The van der Waals surface area contributed by atoms with Gasteiger partial charge in [0.25, 0.3) is 5.89 Å². The molecule has 23 heavy (non-hydrogen) atoms. The summed E-state index contributed by atoms with van der Waals surface area (Å²) in [5.41, 5.74) is -0.327. The summed E-state index contributed by atoms with van der Waals surface area (Å²) in [4.78, 5) is 16.4. The number of carbonyl (C=O) groups excluding carboxylic acids is 1. The van der Waals surface area contributed by atoms with Crippen molar-refractivity contribution in [2.75, 3.05) is 26.2 Å². The zero-order valence-corrected chi connectivity index (χ0v) is 13.8. The second kappa shape index (κ2) is 6.16. The molecule has 0 aliphatic carbocycles. The molecule has 0 radical (unpaired) electrons. The van der Waals surface area contributed by atoms with Crippen LogP contribution in [0.5, 0.6) is 0 Å². The Balaban J connectivity index is 1.54. The van der Waals surface area contributed by atoms with Crippen LogP contribution in [0.15, 0.2) is 27.2 Å². The smallest absolute Gasteiger partial charge is 0.283 e. The van der Waals surface area contributed by atoms with Crippen molar-refractivity contribution in [3.63, 3.8) is 0 Å². The molecule has 0 atom stereocenters. The first-order valence-electron chi connectivity index (χ1n) is 7.81. The van der Waals surface area contributed by atoms with Gasteiger partial charge in [-0.1, -0.05) is 20.8 Å². The summed E-state index contributed by atoms with van der Waals surface area (Å²) >= 11 is 0. The molecule has 0 saturated carbocycles. The van der Waals surface area contributed by atoms with Gasteiger partial charge in [0.2, 0.25) is 11.8 Å². The summed E-state index contributed by atoms with van der Waals surface area (Å²) in [7, 11) is 0. The lowest BCUT2D eigenvalue weighted by atomic mass is 9.94. The summed E-state index contributed by atoms with van der Waals surface area (Å²) in [5.74, 6) is 1.73. The Morgan fingerprint density at radius 1 is 1.22 bits per heavy atom. The molecule has 0 spiro atoms. The third-order valence-electron chi connectivity index (χ3n) is 3.86. The van der Waals surface area contributed by atoms with Crippen molar-refractivity contribution >= 4 is 5.91 Å². The molecule has 3 rings (SSSR count). The van der Waals surface area contributed by atoms with Gasteiger partial charge < -0.3 is 13.7 Å². The number of hydrogen-bond donors (Lipinski definition) is 0. The highest BCUT2D eigenvalue weighted by Gasteiger charge is 2.30. The molecule has 1 saturated heterocycles. The highest BCUT2D eigenvalue weighted by atomic mass is 16.4. The fourth-order valence-electron chi connectivity index (χ4n) is 2.59. The van der Waals surface area contributed by atoms with Gasteiger partial charge >= 0.3 is 0 Å². The van der Waals surface area contributed by atoms with Gasteiger partial charge in [0.15, 0.2) is 5.76 Å². The molecular weight excluding hydrogens is 296 g/mol. The van der Waals surface area contributed by atoms with Crippen molar-refractivity contribution in [2.24, 2.45) is 5.41 Å². The lowest BCUT2D eigenvalue weighted by Gasteiger charge is -2.37. The van der Waals surface area contributed by atoms with Crippen molar-refractivity contribution in [3.05, 3.63) is 24.3 Å². The van der Waals surface area contributed by atoms with Crippen LogP contribution in [0.3, 0.4) is 0 Å². The van der Waals surface area contributed by atoms with Crippen LogP contribution in [0.1, 0.15) is 26.7 Å². The van der Waals surface area contributed by atoms with Crippen LogP contribution < -0.4 is 0 Å². The maximum atomic E-state index is 12.3. The number of rotatable bonds is 3. The van der Waals surface area contributed by atoms with Crippen molar-refractivity contribution in [2.45, 2.75) is 27.3 Å². The van der Waals surface area contributed by atoms with Gasteiger partial charge in [-0.25, -0.2) is 0 Å². The van der Waals surface area contributed by atoms with E-state index < -0.39 is 0 Å². The summed E-state index contributed by atoms with van der Waals surface area (Å²) in [6.07, 6.45) is 1.57. The van der Waals surface area contributed by atoms with Crippen LogP contribution in [0.2, 0.25) is 0 Å². The molecule has 1 fully saturated rings. The molecule has 1 aliphatic rings. The van der Waals surface area contributed by atoms with Crippen LogP contribution in [-0.4, -0.2) is 52.1 Å². The van der Waals surface area contributed by atoms with Gasteiger partial charge in [0.05, 0.1) is 12.8 Å². The van der Waals surface area contributed by atoms with Crippen LogP contribution >= 0.6 is 0 Å². The summed E-state index contributed by atoms with van der Waals surface area (Å²) in [6, 6.07) is 3.57. The Bertz CT molecular complexity index is 649. The quantitative estimate of drug-likeness (QED) is 0.862. The number of carbonyl (C=O) groups is 1. The van der Waals surface area contributed by atoms with E-state index in [1.54, 1.807) is 18.4 Å². The van der Waals surface area contributed by atoms with E-state index in [0.29, 0.717) is 24.1 Å². The number of aromatic nitrogens is 2. The Labute approximate surface area is 135 Å². The van der Waals surface area contributed by atoms with E-state index in [0.717, 1.165) is 26.2 Å². The Morgan fingerprint density at radius 3 is 2.57 bits per heavy atom. The molecular formula is C16H22N4O3. The van der Waals surface area contributed by atoms with E-state index in [-0.39, 0.29) is 11.3 Å². The molecule has 1 aliphatic heterocycles. The van der Waals surface area contributed by atoms with E-state index in [2.05, 4.69) is 15.1 Å². The largest absolute Gasteiger partial charge is 0.459 e. The number of amides is 1. The molecule has 7 nitrogen and oxygen atoms in total. The molecule has 124 valence electrons. The fourth-order valence-corrected chi connectivity index (χ4v) is 2.59.